The Morgan fingerprint density at radius 2 is 2.21 bits per heavy atom. The van der Waals surface area contributed by atoms with E-state index < -0.39 is 18.5 Å². The van der Waals surface area contributed by atoms with E-state index in [0.717, 1.165) is 9.37 Å². The minimum Gasteiger partial charge on any atom is -0.480 e. The number of halogens is 2. The lowest BCUT2D eigenvalue weighted by atomic mass is 10.3. The average Bonchev–Trinajstić information content (AvgIpc) is 2.32. The van der Waals surface area contributed by atoms with Crippen molar-refractivity contribution in [3.05, 3.63) is 27.7 Å². The Hall–Kier alpha value is -1.71. The molecule has 0 atom stereocenters. The number of carbonyl (C=O) groups excluding carboxylic acids is 1. The molecule has 0 aromatic heterocycles. The van der Waals surface area contributed by atoms with E-state index in [4.69, 9.17) is 23.1 Å². The number of terminal acetylenes is 1. The van der Waals surface area contributed by atoms with Crippen molar-refractivity contribution < 1.29 is 14.7 Å². The Bertz CT molecular complexity index is 542. The van der Waals surface area contributed by atoms with Crippen LogP contribution >= 0.6 is 27.5 Å². The van der Waals surface area contributed by atoms with Gasteiger partial charge in [-0.25, -0.2) is 4.79 Å². The van der Waals surface area contributed by atoms with E-state index in [1.807, 2.05) is 0 Å². The van der Waals surface area contributed by atoms with E-state index >= 15 is 0 Å². The van der Waals surface area contributed by atoms with Crippen LogP contribution in [-0.2, 0) is 4.79 Å². The molecule has 5 nitrogen and oxygen atoms in total. The molecule has 0 bridgehead atoms. The molecule has 1 aromatic rings. The molecule has 2 amide bonds. The number of benzene rings is 1. The first-order valence-corrected chi connectivity index (χ1v) is 6.27. The van der Waals surface area contributed by atoms with Gasteiger partial charge in [-0.15, -0.1) is 6.42 Å². The minimum atomic E-state index is -1.15. The van der Waals surface area contributed by atoms with Crippen LogP contribution in [0.1, 0.15) is 0 Å². The number of carbonyl (C=O) groups is 2. The lowest BCUT2D eigenvalue weighted by Gasteiger charge is -2.19. The number of nitrogens with one attached hydrogen (secondary N) is 1. The third-order valence-electron chi connectivity index (χ3n) is 2.07. The van der Waals surface area contributed by atoms with E-state index in [-0.39, 0.29) is 6.54 Å². The molecule has 7 heteroatoms. The highest BCUT2D eigenvalue weighted by molar-refractivity contribution is 9.10. The molecule has 0 heterocycles. The molecule has 0 aliphatic carbocycles. The number of anilines is 1. The van der Waals surface area contributed by atoms with E-state index in [1.54, 1.807) is 18.2 Å². The summed E-state index contributed by atoms with van der Waals surface area (Å²) in [6.45, 7) is -0.592. The number of nitrogens with zero attached hydrogens (tertiary/aromatic N) is 1. The van der Waals surface area contributed by atoms with E-state index in [2.05, 4.69) is 27.2 Å². The molecule has 0 saturated heterocycles. The van der Waals surface area contributed by atoms with Gasteiger partial charge in [-0.2, -0.15) is 0 Å². The fraction of sp³-hybridized carbons (Fsp3) is 0.167. The molecule has 1 aromatic carbocycles. The molecular formula is C12H10BrClN2O3. The number of aliphatic carboxylic acids is 1. The molecule has 0 aliphatic rings. The predicted octanol–water partition coefficient (Wildman–Crippen LogP) is 2.65. The number of hydrogen-bond acceptors (Lipinski definition) is 2. The molecule has 0 saturated carbocycles. The summed E-state index contributed by atoms with van der Waals surface area (Å²) in [5, 5.41) is 11.5. The summed E-state index contributed by atoms with van der Waals surface area (Å²) in [7, 11) is 0. The van der Waals surface area contributed by atoms with Crippen LogP contribution in [0.15, 0.2) is 22.7 Å². The lowest BCUT2D eigenvalue weighted by Crippen LogP contribution is -2.39. The monoisotopic (exact) mass is 344 g/mol. The largest absolute Gasteiger partial charge is 0.480 e. The van der Waals surface area contributed by atoms with Gasteiger partial charge in [0.05, 0.1) is 17.3 Å². The first-order chi connectivity index (χ1) is 8.93. The zero-order chi connectivity index (χ0) is 14.4. The maximum Gasteiger partial charge on any atom is 0.323 e. The number of carboxylic acid groups (broad SMARTS) is 1. The van der Waals surface area contributed by atoms with Crippen LogP contribution in [0.5, 0.6) is 0 Å². The van der Waals surface area contributed by atoms with Crippen molar-refractivity contribution in [2.75, 3.05) is 18.4 Å². The van der Waals surface area contributed by atoms with Gasteiger partial charge in [0, 0.05) is 4.47 Å². The van der Waals surface area contributed by atoms with Gasteiger partial charge in [0.2, 0.25) is 0 Å². The van der Waals surface area contributed by atoms with Gasteiger partial charge in [-0.05, 0) is 18.2 Å². The van der Waals surface area contributed by atoms with Crippen LogP contribution in [0.3, 0.4) is 0 Å². The second-order valence-corrected chi connectivity index (χ2v) is 4.83. The van der Waals surface area contributed by atoms with Crippen molar-refractivity contribution in [1.82, 2.24) is 4.90 Å². The highest BCUT2D eigenvalue weighted by Gasteiger charge is 2.16. The van der Waals surface area contributed by atoms with Crippen molar-refractivity contribution in [2.45, 2.75) is 0 Å². The normalized spacial score (nSPS) is 9.53. The minimum absolute atomic E-state index is 0.107. The van der Waals surface area contributed by atoms with Crippen molar-refractivity contribution >= 4 is 45.2 Å². The molecule has 19 heavy (non-hydrogen) atoms. The van der Waals surface area contributed by atoms with Crippen molar-refractivity contribution in [3.63, 3.8) is 0 Å². The van der Waals surface area contributed by atoms with Crippen molar-refractivity contribution in [3.8, 4) is 12.3 Å². The fourth-order valence-corrected chi connectivity index (χ4v) is 1.79. The zero-order valence-corrected chi connectivity index (χ0v) is 12.0. The molecule has 0 unspecified atom stereocenters. The number of amides is 2. The fourth-order valence-electron chi connectivity index (χ4n) is 1.26. The van der Waals surface area contributed by atoms with E-state index in [0.29, 0.717) is 10.7 Å². The van der Waals surface area contributed by atoms with Crippen molar-refractivity contribution in [1.29, 1.82) is 0 Å². The summed E-state index contributed by atoms with van der Waals surface area (Å²) < 4.78 is 0.730. The first kappa shape index (κ1) is 15.3. The Balaban J connectivity index is 2.84. The topological polar surface area (TPSA) is 69.6 Å². The van der Waals surface area contributed by atoms with Gasteiger partial charge in [0.15, 0.2) is 0 Å². The standard InChI is InChI=1S/C12H10BrClN2O3/c1-2-5-16(7-11(17)18)12(19)15-10-6-8(13)3-4-9(10)14/h1,3-4,6H,5,7H2,(H,15,19)(H,17,18). The van der Waals surface area contributed by atoms with Gasteiger partial charge >= 0.3 is 12.0 Å². The quantitative estimate of drug-likeness (QED) is 0.824. The van der Waals surface area contributed by atoms with Gasteiger partial charge in [-0.3, -0.25) is 4.79 Å². The van der Waals surface area contributed by atoms with Crippen LogP contribution in [0.4, 0.5) is 10.5 Å². The maximum atomic E-state index is 11.9. The smallest absolute Gasteiger partial charge is 0.323 e. The third-order valence-corrected chi connectivity index (χ3v) is 2.89. The molecule has 0 fully saturated rings. The highest BCUT2D eigenvalue weighted by atomic mass is 79.9. The first-order valence-electron chi connectivity index (χ1n) is 5.10. The van der Waals surface area contributed by atoms with Crippen molar-refractivity contribution in [2.24, 2.45) is 0 Å². The maximum absolute atomic E-state index is 11.9. The number of hydrogen-bond donors (Lipinski definition) is 2. The summed E-state index contributed by atoms with van der Waals surface area (Å²) in [6.07, 6.45) is 5.09. The Morgan fingerprint density at radius 3 is 2.79 bits per heavy atom. The Labute approximate surface area is 123 Å². The molecule has 100 valence electrons. The van der Waals surface area contributed by atoms with Gasteiger partial charge in [0.25, 0.3) is 0 Å². The summed E-state index contributed by atoms with van der Waals surface area (Å²) in [6, 6.07) is 4.30. The SMILES string of the molecule is C#CCN(CC(=O)O)C(=O)Nc1cc(Br)ccc1Cl. The number of rotatable bonds is 4. The number of carboxylic acids is 1. The summed E-state index contributed by atoms with van der Waals surface area (Å²) in [5.41, 5.74) is 0.369. The Morgan fingerprint density at radius 1 is 1.53 bits per heavy atom. The summed E-state index contributed by atoms with van der Waals surface area (Å²) in [4.78, 5) is 23.5. The lowest BCUT2D eigenvalue weighted by molar-refractivity contribution is -0.137. The molecule has 0 spiro atoms. The second kappa shape index (κ2) is 7.02. The van der Waals surface area contributed by atoms with Crippen LogP contribution in [0.2, 0.25) is 5.02 Å². The van der Waals surface area contributed by atoms with Gasteiger partial charge < -0.3 is 15.3 Å². The third kappa shape index (κ3) is 4.81. The molecule has 2 N–H and O–H groups in total. The van der Waals surface area contributed by atoms with Gasteiger partial charge in [-0.1, -0.05) is 33.5 Å². The second-order valence-electron chi connectivity index (χ2n) is 3.51. The zero-order valence-electron chi connectivity index (χ0n) is 9.69. The average molecular weight is 346 g/mol. The van der Waals surface area contributed by atoms with Crippen LogP contribution < -0.4 is 5.32 Å². The molecule has 0 radical (unpaired) electrons. The molecule has 0 aliphatic heterocycles. The van der Waals surface area contributed by atoms with E-state index in [1.165, 1.54) is 0 Å². The molecule has 1 rings (SSSR count). The van der Waals surface area contributed by atoms with Gasteiger partial charge in [0.1, 0.15) is 6.54 Å². The highest BCUT2D eigenvalue weighted by Crippen LogP contribution is 2.25. The van der Waals surface area contributed by atoms with Crippen LogP contribution in [0, 0.1) is 12.3 Å². The summed E-state index contributed by atoms with van der Waals surface area (Å²) in [5.74, 6) is 1.08. The summed E-state index contributed by atoms with van der Waals surface area (Å²) >= 11 is 9.16. The van der Waals surface area contributed by atoms with E-state index in [9.17, 15) is 9.59 Å². The number of urea groups is 1. The molecular weight excluding hydrogens is 336 g/mol. The van der Waals surface area contributed by atoms with Crippen LogP contribution in [-0.4, -0.2) is 35.1 Å². The Kier molecular flexibility index (Phi) is 5.67. The van der Waals surface area contributed by atoms with Crippen LogP contribution in [0.25, 0.3) is 0 Å². The predicted molar refractivity (Wildman–Crippen MR) is 76.2 cm³/mol.